The number of phenols is 1. The largest absolute Gasteiger partial charge is 0.508 e. The van der Waals surface area contributed by atoms with Crippen molar-refractivity contribution in [1.29, 1.82) is 0 Å². The van der Waals surface area contributed by atoms with Gasteiger partial charge in [0.15, 0.2) is 0 Å². The van der Waals surface area contributed by atoms with Crippen LogP contribution in [0.4, 0.5) is 0 Å². The maximum absolute atomic E-state index is 9.23. The Labute approximate surface area is 104 Å². The quantitative estimate of drug-likeness (QED) is 0.852. The molecule has 0 bridgehead atoms. The summed E-state index contributed by atoms with van der Waals surface area (Å²) in [6.45, 7) is 2.89. The summed E-state index contributed by atoms with van der Waals surface area (Å²) in [5, 5.41) is 9.23. The van der Waals surface area contributed by atoms with Crippen molar-refractivity contribution in [2.75, 3.05) is 0 Å². The van der Waals surface area contributed by atoms with E-state index in [1.54, 1.807) is 12.1 Å². The van der Waals surface area contributed by atoms with Crippen LogP contribution in [0.5, 0.6) is 5.75 Å². The molecule has 0 unspecified atom stereocenters. The van der Waals surface area contributed by atoms with Gasteiger partial charge >= 0.3 is 0 Å². The molecule has 0 heterocycles. The SMILES string of the molecule is CCC1(OCc2ccc(O)cc2)CCCCC1. The van der Waals surface area contributed by atoms with Gasteiger partial charge < -0.3 is 9.84 Å². The fraction of sp³-hybridized carbons (Fsp3) is 0.600. The highest BCUT2D eigenvalue weighted by Gasteiger charge is 2.30. The fourth-order valence-electron chi connectivity index (χ4n) is 2.62. The predicted molar refractivity (Wildman–Crippen MR) is 69.0 cm³/mol. The molecule has 1 aliphatic rings. The average molecular weight is 234 g/mol. The number of ether oxygens (including phenoxy) is 1. The highest BCUT2D eigenvalue weighted by atomic mass is 16.5. The lowest BCUT2D eigenvalue weighted by atomic mass is 9.83. The van der Waals surface area contributed by atoms with E-state index in [1.807, 2.05) is 12.1 Å². The summed E-state index contributed by atoms with van der Waals surface area (Å²) in [6.07, 6.45) is 7.44. The number of benzene rings is 1. The monoisotopic (exact) mass is 234 g/mol. The van der Waals surface area contributed by atoms with Gasteiger partial charge in [-0.2, -0.15) is 0 Å². The molecule has 0 aliphatic heterocycles. The van der Waals surface area contributed by atoms with Crippen LogP contribution in [0, 0.1) is 0 Å². The number of phenolic OH excluding ortho intramolecular Hbond substituents is 1. The summed E-state index contributed by atoms with van der Waals surface area (Å²) in [5.74, 6) is 0.316. The van der Waals surface area contributed by atoms with Crippen LogP contribution in [0.15, 0.2) is 24.3 Å². The molecule has 0 spiro atoms. The first-order valence-electron chi connectivity index (χ1n) is 6.66. The molecule has 2 heteroatoms. The van der Waals surface area contributed by atoms with Crippen LogP contribution in [0.1, 0.15) is 51.0 Å². The second kappa shape index (κ2) is 5.54. The van der Waals surface area contributed by atoms with E-state index in [4.69, 9.17) is 4.74 Å². The van der Waals surface area contributed by atoms with Crippen LogP contribution < -0.4 is 0 Å². The lowest BCUT2D eigenvalue weighted by molar-refractivity contribution is -0.0827. The van der Waals surface area contributed by atoms with E-state index in [1.165, 1.54) is 32.1 Å². The van der Waals surface area contributed by atoms with Crippen molar-refractivity contribution in [3.05, 3.63) is 29.8 Å². The molecule has 2 rings (SSSR count). The third-order valence-corrected chi connectivity index (χ3v) is 3.89. The van der Waals surface area contributed by atoms with Crippen LogP contribution in [-0.4, -0.2) is 10.7 Å². The van der Waals surface area contributed by atoms with Gasteiger partial charge in [0, 0.05) is 0 Å². The van der Waals surface area contributed by atoms with E-state index in [0.29, 0.717) is 12.4 Å². The molecular weight excluding hydrogens is 212 g/mol. The third-order valence-electron chi connectivity index (χ3n) is 3.89. The Hall–Kier alpha value is -1.02. The van der Waals surface area contributed by atoms with Gasteiger partial charge in [0.05, 0.1) is 12.2 Å². The lowest BCUT2D eigenvalue weighted by Crippen LogP contribution is -2.34. The summed E-state index contributed by atoms with van der Waals surface area (Å²) in [7, 11) is 0. The molecule has 1 aliphatic carbocycles. The molecule has 0 atom stereocenters. The molecule has 1 fully saturated rings. The van der Waals surface area contributed by atoms with Gasteiger partial charge in [-0.05, 0) is 37.0 Å². The molecule has 0 aromatic heterocycles. The van der Waals surface area contributed by atoms with Gasteiger partial charge in [0.25, 0.3) is 0 Å². The van der Waals surface area contributed by atoms with E-state index < -0.39 is 0 Å². The smallest absolute Gasteiger partial charge is 0.115 e. The fourth-order valence-corrected chi connectivity index (χ4v) is 2.62. The van der Waals surface area contributed by atoms with Gasteiger partial charge in [-0.1, -0.05) is 38.3 Å². The highest BCUT2D eigenvalue weighted by molar-refractivity contribution is 5.25. The van der Waals surface area contributed by atoms with Crippen LogP contribution in [0.25, 0.3) is 0 Å². The zero-order valence-corrected chi connectivity index (χ0v) is 10.6. The number of aromatic hydroxyl groups is 1. The molecule has 1 aromatic carbocycles. The second-order valence-corrected chi connectivity index (χ2v) is 5.05. The number of hydrogen-bond acceptors (Lipinski definition) is 2. The molecule has 0 radical (unpaired) electrons. The van der Waals surface area contributed by atoms with Crippen molar-refractivity contribution in [3.63, 3.8) is 0 Å². The zero-order chi connectivity index (χ0) is 12.1. The zero-order valence-electron chi connectivity index (χ0n) is 10.6. The normalized spacial score (nSPS) is 19.1. The summed E-state index contributed by atoms with van der Waals surface area (Å²) < 4.78 is 6.16. The van der Waals surface area contributed by atoms with Crippen molar-refractivity contribution < 1.29 is 9.84 Å². The van der Waals surface area contributed by atoms with Crippen molar-refractivity contribution in [2.24, 2.45) is 0 Å². The summed E-state index contributed by atoms with van der Waals surface area (Å²) >= 11 is 0. The standard InChI is InChI=1S/C15H22O2/c1-2-15(10-4-3-5-11-15)17-12-13-6-8-14(16)9-7-13/h6-9,16H,2-5,10-12H2,1H3. The van der Waals surface area contributed by atoms with Crippen LogP contribution in [0.2, 0.25) is 0 Å². The Morgan fingerprint density at radius 3 is 2.35 bits per heavy atom. The van der Waals surface area contributed by atoms with Crippen molar-refractivity contribution in [3.8, 4) is 5.75 Å². The molecule has 0 amide bonds. The van der Waals surface area contributed by atoms with Crippen LogP contribution >= 0.6 is 0 Å². The van der Waals surface area contributed by atoms with Crippen molar-refractivity contribution >= 4 is 0 Å². The van der Waals surface area contributed by atoms with Gasteiger partial charge in [0.1, 0.15) is 5.75 Å². The Balaban J connectivity index is 1.93. The van der Waals surface area contributed by atoms with E-state index in [2.05, 4.69) is 6.92 Å². The summed E-state index contributed by atoms with van der Waals surface area (Å²) in [4.78, 5) is 0. The first-order valence-corrected chi connectivity index (χ1v) is 6.66. The van der Waals surface area contributed by atoms with Crippen molar-refractivity contribution in [1.82, 2.24) is 0 Å². The highest BCUT2D eigenvalue weighted by Crippen LogP contribution is 2.35. The summed E-state index contributed by atoms with van der Waals surface area (Å²) in [6, 6.07) is 7.30. The van der Waals surface area contributed by atoms with E-state index in [0.717, 1.165) is 12.0 Å². The molecular formula is C15H22O2. The Morgan fingerprint density at radius 2 is 1.76 bits per heavy atom. The van der Waals surface area contributed by atoms with Crippen LogP contribution in [-0.2, 0) is 11.3 Å². The third kappa shape index (κ3) is 3.22. The Kier molecular flexibility index (Phi) is 4.06. The molecule has 94 valence electrons. The minimum absolute atomic E-state index is 0.107. The second-order valence-electron chi connectivity index (χ2n) is 5.05. The lowest BCUT2D eigenvalue weighted by Gasteiger charge is -2.36. The van der Waals surface area contributed by atoms with Gasteiger partial charge in [0.2, 0.25) is 0 Å². The maximum Gasteiger partial charge on any atom is 0.115 e. The Morgan fingerprint density at radius 1 is 1.12 bits per heavy atom. The predicted octanol–water partition coefficient (Wildman–Crippen LogP) is 4.02. The number of rotatable bonds is 4. The minimum Gasteiger partial charge on any atom is -0.508 e. The molecule has 2 nitrogen and oxygen atoms in total. The molecule has 0 saturated heterocycles. The van der Waals surface area contributed by atoms with Gasteiger partial charge in [-0.15, -0.1) is 0 Å². The van der Waals surface area contributed by atoms with Gasteiger partial charge in [-0.25, -0.2) is 0 Å². The van der Waals surface area contributed by atoms with Gasteiger partial charge in [-0.3, -0.25) is 0 Å². The average Bonchev–Trinajstić information content (AvgIpc) is 2.39. The number of hydrogen-bond donors (Lipinski definition) is 1. The Bertz CT molecular complexity index is 336. The molecule has 1 saturated carbocycles. The maximum atomic E-state index is 9.23. The van der Waals surface area contributed by atoms with E-state index in [9.17, 15) is 5.11 Å². The first kappa shape index (κ1) is 12.4. The minimum atomic E-state index is 0.107. The summed E-state index contributed by atoms with van der Waals surface area (Å²) in [5.41, 5.74) is 1.25. The topological polar surface area (TPSA) is 29.5 Å². The van der Waals surface area contributed by atoms with Crippen molar-refractivity contribution in [2.45, 2.75) is 57.7 Å². The van der Waals surface area contributed by atoms with E-state index in [-0.39, 0.29) is 5.60 Å². The molecule has 1 N–H and O–H groups in total. The van der Waals surface area contributed by atoms with Crippen LogP contribution in [0.3, 0.4) is 0 Å². The molecule has 17 heavy (non-hydrogen) atoms. The molecule has 1 aromatic rings. The first-order chi connectivity index (χ1) is 8.24. The van der Waals surface area contributed by atoms with E-state index >= 15 is 0 Å².